The van der Waals surface area contributed by atoms with Gasteiger partial charge < -0.3 is 10.2 Å². The molecule has 0 spiro atoms. The zero-order chi connectivity index (χ0) is 19.4. The van der Waals surface area contributed by atoms with Crippen molar-refractivity contribution in [1.29, 1.82) is 0 Å². The first kappa shape index (κ1) is 17.8. The molecular formula is C24H28N2O. The van der Waals surface area contributed by atoms with Gasteiger partial charge in [-0.2, -0.15) is 0 Å². The summed E-state index contributed by atoms with van der Waals surface area (Å²) in [6.45, 7) is 11.4. The molecule has 2 aromatic carbocycles. The van der Waals surface area contributed by atoms with Crippen LogP contribution < -0.4 is 10.2 Å². The molecule has 4 rings (SSSR count). The Hall–Kier alpha value is -2.55. The number of nitrogens with zero attached hydrogens (tertiary/aromatic N) is 1. The first-order valence-electron chi connectivity index (χ1n) is 9.73. The number of benzene rings is 2. The molecule has 1 N–H and O–H groups in total. The molecule has 2 aliphatic rings. The quantitative estimate of drug-likeness (QED) is 0.856. The maximum atomic E-state index is 12.4. The highest BCUT2D eigenvalue weighted by atomic mass is 16.2. The van der Waals surface area contributed by atoms with E-state index >= 15 is 0 Å². The van der Waals surface area contributed by atoms with Crippen molar-refractivity contribution < 1.29 is 4.79 Å². The van der Waals surface area contributed by atoms with E-state index < -0.39 is 5.66 Å². The molecule has 0 saturated carbocycles. The summed E-state index contributed by atoms with van der Waals surface area (Å²) < 4.78 is 0. The van der Waals surface area contributed by atoms with Crippen molar-refractivity contribution in [2.75, 3.05) is 11.4 Å². The zero-order valence-corrected chi connectivity index (χ0v) is 16.8. The molecule has 3 heteroatoms. The van der Waals surface area contributed by atoms with E-state index in [0.717, 1.165) is 11.3 Å². The lowest BCUT2D eigenvalue weighted by molar-refractivity contribution is -0.118. The summed E-state index contributed by atoms with van der Waals surface area (Å²) in [6, 6.07) is 15.2. The van der Waals surface area contributed by atoms with Crippen molar-refractivity contribution in [2.45, 2.75) is 51.6 Å². The Kier molecular flexibility index (Phi) is 3.95. The van der Waals surface area contributed by atoms with Gasteiger partial charge in [0.1, 0.15) is 5.66 Å². The predicted octanol–water partition coefficient (Wildman–Crippen LogP) is 4.76. The topological polar surface area (TPSA) is 32.3 Å². The zero-order valence-electron chi connectivity index (χ0n) is 16.8. The molecule has 1 atom stereocenters. The standard InChI is InChI=1S/C24H28N2O/c1-16(2)19-9-7-18(8-10-19)12-13-24-23(4,5)20-14-17(3)6-11-21(20)26(24)15-22(27)25-24/h6-14,16H,15H2,1-5H3,(H,25,27)/b13-12+/t24-/m1/s1. The largest absolute Gasteiger partial charge is 0.335 e. The van der Waals surface area contributed by atoms with Gasteiger partial charge in [0.2, 0.25) is 5.91 Å². The summed E-state index contributed by atoms with van der Waals surface area (Å²) in [5.41, 5.74) is 5.43. The Morgan fingerprint density at radius 1 is 1.11 bits per heavy atom. The fourth-order valence-electron chi connectivity index (χ4n) is 4.50. The number of nitrogens with one attached hydrogen (secondary N) is 1. The average Bonchev–Trinajstić information content (AvgIpc) is 3.05. The van der Waals surface area contributed by atoms with E-state index in [-0.39, 0.29) is 11.3 Å². The highest BCUT2D eigenvalue weighted by molar-refractivity contribution is 5.91. The van der Waals surface area contributed by atoms with Gasteiger partial charge in [0, 0.05) is 11.1 Å². The van der Waals surface area contributed by atoms with E-state index in [1.807, 2.05) is 0 Å². The second-order valence-corrected chi connectivity index (χ2v) is 8.70. The molecule has 2 heterocycles. The van der Waals surface area contributed by atoms with Gasteiger partial charge in [-0.3, -0.25) is 4.79 Å². The monoisotopic (exact) mass is 360 g/mol. The SMILES string of the molecule is Cc1ccc2c(c1)C(C)(C)[C@]1(/C=C/c3ccc(C(C)C)cc3)NC(=O)CN21. The van der Waals surface area contributed by atoms with Gasteiger partial charge >= 0.3 is 0 Å². The Morgan fingerprint density at radius 2 is 1.81 bits per heavy atom. The van der Waals surface area contributed by atoms with Crippen LogP contribution >= 0.6 is 0 Å². The molecule has 140 valence electrons. The maximum Gasteiger partial charge on any atom is 0.241 e. The smallest absolute Gasteiger partial charge is 0.241 e. The molecule has 1 amide bonds. The average molecular weight is 361 g/mol. The molecule has 2 aliphatic heterocycles. The van der Waals surface area contributed by atoms with Gasteiger partial charge in [0.15, 0.2) is 0 Å². The van der Waals surface area contributed by atoms with E-state index in [1.54, 1.807) is 0 Å². The van der Waals surface area contributed by atoms with Crippen molar-refractivity contribution in [2.24, 2.45) is 0 Å². The number of rotatable bonds is 3. The lowest BCUT2D eigenvalue weighted by Crippen LogP contribution is -2.58. The van der Waals surface area contributed by atoms with Crippen LogP contribution in [0.3, 0.4) is 0 Å². The Morgan fingerprint density at radius 3 is 2.48 bits per heavy atom. The van der Waals surface area contributed by atoms with E-state index in [1.165, 1.54) is 16.7 Å². The van der Waals surface area contributed by atoms with Crippen molar-refractivity contribution in [3.05, 3.63) is 70.8 Å². The number of fused-ring (bicyclic) bond motifs is 3. The molecule has 0 aliphatic carbocycles. The van der Waals surface area contributed by atoms with Crippen LogP contribution in [0.5, 0.6) is 0 Å². The third kappa shape index (κ3) is 2.60. The van der Waals surface area contributed by atoms with Gasteiger partial charge in [0.05, 0.1) is 6.54 Å². The van der Waals surface area contributed by atoms with Crippen LogP contribution in [0, 0.1) is 6.92 Å². The van der Waals surface area contributed by atoms with E-state index in [4.69, 9.17) is 0 Å². The van der Waals surface area contributed by atoms with Crippen LogP contribution in [0.15, 0.2) is 48.5 Å². The highest BCUT2D eigenvalue weighted by Gasteiger charge is 2.59. The molecule has 1 saturated heterocycles. The van der Waals surface area contributed by atoms with Crippen LogP contribution in [0.2, 0.25) is 0 Å². The van der Waals surface area contributed by atoms with Crippen LogP contribution in [0.25, 0.3) is 6.08 Å². The van der Waals surface area contributed by atoms with Gasteiger partial charge in [0.25, 0.3) is 0 Å². The second kappa shape index (κ2) is 5.98. The number of hydrogen-bond acceptors (Lipinski definition) is 2. The van der Waals surface area contributed by atoms with E-state index in [9.17, 15) is 4.79 Å². The minimum absolute atomic E-state index is 0.0779. The van der Waals surface area contributed by atoms with Gasteiger partial charge in [-0.25, -0.2) is 0 Å². The first-order valence-corrected chi connectivity index (χ1v) is 9.73. The van der Waals surface area contributed by atoms with Crippen molar-refractivity contribution >= 4 is 17.7 Å². The molecule has 3 nitrogen and oxygen atoms in total. The van der Waals surface area contributed by atoms with E-state index in [0.29, 0.717) is 12.5 Å². The fourth-order valence-corrected chi connectivity index (χ4v) is 4.50. The summed E-state index contributed by atoms with van der Waals surface area (Å²) in [6.07, 6.45) is 4.32. The number of carbonyl (C=O) groups is 1. The molecule has 2 aromatic rings. The molecule has 0 bridgehead atoms. The van der Waals surface area contributed by atoms with Gasteiger partial charge in [-0.15, -0.1) is 0 Å². The van der Waals surface area contributed by atoms with Crippen LogP contribution in [-0.2, 0) is 10.2 Å². The maximum absolute atomic E-state index is 12.4. The number of anilines is 1. The summed E-state index contributed by atoms with van der Waals surface area (Å²) in [5.74, 6) is 0.604. The summed E-state index contributed by atoms with van der Waals surface area (Å²) >= 11 is 0. The molecule has 1 fully saturated rings. The predicted molar refractivity (Wildman–Crippen MR) is 112 cm³/mol. The van der Waals surface area contributed by atoms with Crippen LogP contribution in [0.4, 0.5) is 5.69 Å². The van der Waals surface area contributed by atoms with Crippen LogP contribution in [-0.4, -0.2) is 18.1 Å². The van der Waals surface area contributed by atoms with Crippen LogP contribution in [0.1, 0.15) is 55.9 Å². The lowest BCUT2D eigenvalue weighted by atomic mass is 9.75. The number of carbonyl (C=O) groups excluding carboxylic acids is 1. The summed E-state index contributed by atoms with van der Waals surface area (Å²) in [7, 11) is 0. The fraction of sp³-hybridized carbons (Fsp3) is 0.375. The molecule has 0 aromatic heterocycles. The van der Waals surface area contributed by atoms with Crippen molar-refractivity contribution in [3.8, 4) is 0 Å². The Bertz CT molecular complexity index is 924. The second-order valence-electron chi connectivity index (χ2n) is 8.70. The normalized spacial score (nSPS) is 23.0. The molecule has 0 radical (unpaired) electrons. The van der Waals surface area contributed by atoms with Crippen molar-refractivity contribution in [3.63, 3.8) is 0 Å². The van der Waals surface area contributed by atoms with Gasteiger partial charge in [-0.1, -0.05) is 75.7 Å². The van der Waals surface area contributed by atoms with E-state index in [2.05, 4.69) is 99.5 Å². The first-order chi connectivity index (χ1) is 12.7. The minimum atomic E-state index is -0.531. The lowest BCUT2D eigenvalue weighted by Gasteiger charge is -2.40. The minimum Gasteiger partial charge on any atom is -0.335 e. The molecule has 27 heavy (non-hydrogen) atoms. The van der Waals surface area contributed by atoms with Gasteiger partial charge in [-0.05, 0) is 41.7 Å². The molecule has 0 unspecified atom stereocenters. The van der Waals surface area contributed by atoms with Crippen molar-refractivity contribution in [1.82, 2.24) is 5.32 Å². The third-order valence-electron chi connectivity index (χ3n) is 6.25. The summed E-state index contributed by atoms with van der Waals surface area (Å²) in [5, 5.41) is 3.29. The highest BCUT2D eigenvalue weighted by Crippen LogP contribution is 2.53. The third-order valence-corrected chi connectivity index (χ3v) is 6.25. The summed E-state index contributed by atoms with van der Waals surface area (Å²) in [4.78, 5) is 14.6. The Labute approximate surface area is 162 Å². The molecular weight excluding hydrogens is 332 g/mol. The Balaban J connectivity index is 1.76. The number of aryl methyl sites for hydroxylation is 1. The number of hydrogen-bond donors (Lipinski definition) is 1. The number of amides is 1.